The van der Waals surface area contributed by atoms with Gasteiger partial charge < -0.3 is 15.3 Å². The van der Waals surface area contributed by atoms with Gasteiger partial charge in [-0.1, -0.05) is 57.6 Å². The van der Waals surface area contributed by atoms with E-state index in [0.29, 0.717) is 6.42 Å². The van der Waals surface area contributed by atoms with E-state index in [1.165, 1.54) is 0 Å². The van der Waals surface area contributed by atoms with Crippen LogP contribution in [0.4, 0.5) is 0 Å². The molecule has 0 radical (unpaired) electrons. The topological polar surface area (TPSA) is 77.8 Å². The minimum Gasteiger partial charge on any atom is -0.396 e. The maximum Gasteiger partial charge on any atom is 0.139 e. The minimum atomic E-state index is -0.706. The van der Waals surface area contributed by atoms with Crippen LogP contribution in [-0.4, -0.2) is 39.4 Å². The molecule has 3 unspecified atom stereocenters. The molecule has 0 aromatic rings. The van der Waals surface area contributed by atoms with Crippen molar-refractivity contribution in [3.63, 3.8) is 0 Å². The van der Waals surface area contributed by atoms with Crippen molar-refractivity contribution < 1.29 is 20.1 Å². The Morgan fingerprint density at radius 3 is 2.52 bits per heavy atom. The quantitative estimate of drug-likeness (QED) is 0.347. The molecular weight excluding hydrogens is 316 g/mol. The summed E-state index contributed by atoms with van der Waals surface area (Å²) in [4.78, 5) is 12.2. The van der Waals surface area contributed by atoms with E-state index >= 15 is 0 Å². The van der Waals surface area contributed by atoms with Gasteiger partial charge in [-0.3, -0.25) is 4.79 Å². The van der Waals surface area contributed by atoms with Gasteiger partial charge in [-0.05, 0) is 32.6 Å². The van der Waals surface area contributed by atoms with Gasteiger partial charge in [-0.15, -0.1) is 0 Å². The first kappa shape index (κ1) is 22.3. The molecule has 0 saturated heterocycles. The average Bonchev–Trinajstić information content (AvgIpc) is 2.82. The summed E-state index contributed by atoms with van der Waals surface area (Å²) < 4.78 is 0. The molecule has 0 aromatic heterocycles. The molecule has 1 saturated carbocycles. The van der Waals surface area contributed by atoms with Crippen molar-refractivity contribution >= 4 is 5.78 Å². The van der Waals surface area contributed by atoms with Gasteiger partial charge in [0.2, 0.25) is 0 Å². The largest absolute Gasteiger partial charge is 0.396 e. The van der Waals surface area contributed by atoms with Crippen molar-refractivity contribution in [2.45, 2.75) is 96.2 Å². The van der Waals surface area contributed by atoms with Crippen LogP contribution in [0.2, 0.25) is 0 Å². The first-order valence-electron chi connectivity index (χ1n) is 10.1. The fraction of sp³-hybridized carbons (Fsp3) is 0.857. The summed E-state index contributed by atoms with van der Waals surface area (Å²) in [5.41, 5.74) is -0.706. The van der Waals surface area contributed by atoms with Crippen molar-refractivity contribution in [1.82, 2.24) is 0 Å². The number of rotatable bonds is 13. The van der Waals surface area contributed by atoms with Crippen LogP contribution in [0.3, 0.4) is 0 Å². The highest BCUT2D eigenvalue weighted by Crippen LogP contribution is 2.34. The molecule has 0 bridgehead atoms. The number of ketones is 1. The molecule has 0 amide bonds. The smallest absolute Gasteiger partial charge is 0.139 e. The molecular formula is C21H38O4. The zero-order valence-electron chi connectivity index (χ0n) is 16.1. The lowest BCUT2D eigenvalue weighted by molar-refractivity contribution is -0.121. The molecule has 0 spiro atoms. The average molecular weight is 355 g/mol. The van der Waals surface area contributed by atoms with Gasteiger partial charge in [0.1, 0.15) is 5.78 Å². The second-order valence-electron chi connectivity index (χ2n) is 7.93. The first-order valence-corrected chi connectivity index (χ1v) is 10.1. The molecule has 1 aliphatic rings. The van der Waals surface area contributed by atoms with E-state index in [1.54, 1.807) is 0 Å². The van der Waals surface area contributed by atoms with E-state index in [0.717, 1.165) is 57.8 Å². The number of hydrogen-bond acceptors (Lipinski definition) is 4. The summed E-state index contributed by atoms with van der Waals surface area (Å²) in [6.45, 7) is 4.22. The van der Waals surface area contributed by atoms with E-state index in [9.17, 15) is 15.0 Å². The van der Waals surface area contributed by atoms with Crippen LogP contribution >= 0.6 is 0 Å². The number of Topliss-reactive ketones (excluding diaryl/α,β-unsaturated/α-hetero) is 1. The zero-order chi connectivity index (χ0) is 18.7. The van der Waals surface area contributed by atoms with Crippen molar-refractivity contribution in [3.8, 4) is 0 Å². The first-order chi connectivity index (χ1) is 11.9. The molecule has 1 rings (SSSR count). The molecule has 1 fully saturated rings. The van der Waals surface area contributed by atoms with E-state index in [4.69, 9.17) is 5.11 Å². The lowest BCUT2D eigenvalue weighted by Gasteiger charge is -2.22. The standard InChI is InChI=1S/C21H38O4/c1-3-4-13-21(2,25)14-10-12-18-17(19(23)16-20(18)24)11-8-6-5-7-9-15-22/h10,12,17-18,20,22,24-25H,3-9,11,13-16H2,1-2H3/t17?,18?,20?,21-/m0/s1. The molecule has 4 atom stereocenters. The SMILES string of the molecule is CCCC[C@](C)(O)CC=CC1C(O)CC(=O)C1CCCCCCCO. The summed E-state index contributed by atoms with van der Waals surface area (Å²) in [5.74, 6) is -0.00755. The predicted molar refractivity (Wildman–Crippen MR) is 101 cm³/mol. The Morgan fingerprint density at radius 2 is 1.84 bits per heavy atom. The number of hydrogen-bond donors (Lipinski definition) is 3. The zero-order valence-corrected chi connectivity index (χ0v) is 16.1. The Morgan fingerprint density at radius 1 is 1.16 bits per heavy atom. The Labute approximate surface area is 153 Å². The van der Waals surface area contributed by atoms with E-state index in [-0.39, 0.29) is 30.6 Å². The van der Waals surface area contributed by atoms with Gasteiger partial charge in [0.25, 0.3) is 0 Å². The molecule has 4 nitrogen and oxygen atoms in total. The second-order valence-corrected chi connectivity index (χ2v) is 7.93. The number of aliphatic hydroxyl groups is 3. The maximum atomic E-state index is 12.2. The van der Waals surface area contributed by atoms with Crippen molar-refractivity contribution in [2.24, 2.45) is 11.8 Å². The van der Waals surface area contributed by atoms with E-state index in [1.807, 2.05) is 19.1 Å². The molecule has 0 aliphatic heterocycles. The molecule has 0 heterocycles. The minimum absolute atomic E-state index is 0.0790. The third kappa shape index (κ3) is 8.48. The summed E-state index contributed by atoms with van der Waals surface area (Å²) >= 11 is 0. The van der Waals surface area contributed by atoms with Crippen LogP contribution < -0.4 is 0 Å². The summed E-state index contributed by atoms with van der Waals surface area (Å²) in [6.07, 6.45) is 12.9. The van der Waals surface area contributed by atoms with Gasteiger partial charge in [-0.25, -0.2) is 0 Å². The van der Waals surface area contributed by atoms with Crippen molar-refractivity contribution in [2.75, 3.05) is 6.61 Å². The van der Waals surface area contributed by atoms with Gasteiger partial charge >= 0.3 is 0 Å². The number of aliphatic hydroxyl groups excluding tert-OH is 2. The molecule has 0 aromatic carbocycles. The van der Waals surface area contributed by atoms with Gasteiger partial charge in [0, 0.05) is 24.9 Å². The Bertz CT molecular complexity index is 403. The van der Waals surface area contributed by atoms with Crippen LogP contribution in [0, 0.1) is 11.8 Å². The van der Waals surface area contributed by atoms with Crippen molar-refractivity contribution in [3.05, 3.63) is 12.2 Å². The monoisotopic (exact) mass is 354 g/mol. The number of unbranched alkanes of at least 4 members (excludes halogenated alkanes) is 5. The normalized spacial score (nSPS) is 26.4. The fourth-order valence-corrected chi connectivity index (χ4v) is 3.74. The summed E-state index contributed by atoms with van der Waals surface area (Å²) in [5, 5.41) is 29.3. The Kier molecular flexibility index (Phi) is 10.6. The van der Waals surface area contributed by atoms with Crippen LogP contribution in [0.15, 0.2) is 12.2 Å². The lowest BCUT2D eigenvalue weighted by atomic mass is 9.87. The van der Waals surface area contributed by atoms with E-state index < -0.39 is 11.7 Å². The van der Waals surface area contributed by atoms with E-state index in [2.05, 4.69) is 6.92 Å². The highest BCUT2D eigenvalue weighted by Gasteiger charge is 2.39. The van der Waals surface area contributed by atoms with Gasteiger partial charge in [0.05, 0.1) is 11.7 Å². The second kappa shape index (κ2) is 11.8. The Hall–Kier alpha value is -0.710. The third-order valence-corrected chi connectivity index (χ3v) is 5.39. The maximum absolute atomic E-state index is 12.2. The molecule has 4 heteroatoms. The molecule has 25 heavy (non-hydrogen) atoms. The summed E-state index contributed by atoms with van der Waals surface area (Å²) in [7, 11) is 0. The van der Waals surface area contributed by atoms with Gasteiger partial charge in [-0.2, -0.15) is 0 Å². The Balaban J connectivity index is 2.45. The number of carbonyl (C=O) groups excluding carboxylic acids is 1. The number of carbonyl (C=O) groups is 1. The van der Waals surface area contributed by atoms with Crippen molar-refractivity contribution in [1.29, 1.82) is 0 Å². The molecule has 1 aliphatic carbocycles. The highest BCUT2D eigenvalue weighted by molar-refractivity contribution is 5.84. The highest BCUT2D eigenvalue weighted by atomic mass is 16.3. The van der Waals surface area contributed by atoms with Crippen LogP contribution in [0.25, 0.3) is 0 Å². The summed E-state index contributed by atoms with van der Waals surface area (Å²) in [6, 6.07) is 0. The van der Waals surface area contributed by atoms with Crippen LogP contribution in [0.1, 0.15) is 84.5 Å². The molecule has 146 valence electrons. The lowest BCUT2D eigenvalue weighted by Crippen LogP contribution is -2.23. The van der Waals surface area contributed by atoms with Crippen LogP contribution in [-0.2, 0) is 4.79 Å². The third-order valence-electron chi connectivity index (χ3n) is 5.39. The fourth-order valence-electron chi connectivity index (χ4n) is 3.74. The van der Waals surface area contributed by atoms with Gasteiger partial charge in [0.15, 0.2) is 0 Å². The molecule has 3 N–H and O–H groups in total. The predicted octanol–water partition coefficient (Wildman–Crippen LogP) is 3.77. The van der Waals surface area contributed by atoms with Crippen LogP contribution in [0.5, 0.6) is 0 Å².